The highest BCUT2D eigenvalue weighted by Crippen LogP contribution is 2.38. The van der Waals surface area contributed by atoms with Crippen molar-refractivity contribution in [2.45, 2.75) is 12.5 Å². The predicted octanol–water partition coefficient (Wildman–Crippen LogP) is 0.616. The molecule has 1 aliphatic heterocycles. The van der Waals surface area contributed by atoms with Gasteiger partial charge < -0.3 is 29.2 Å². The number of esters is 1. The summed E-state index contributed by atoms with van der Waals surface area (Å²) in [4.78, 5) is 37.7. The smallest absolute Gasteiger partial charge is 0.308 e. The number of benzene rings is 1. The van der Waals surface area contributed by atoms with Crippen molar-refractivity contribution in [3.05, 3.63) is 23.8 Å². The molecule has 1 unspecified atom stereocenters. The van der Waals surface area contributed by atoms with Crippen LogP contribution in [0.1, 0.15) is 12.0 Å². The molecule has 1 saturated heterocycles. The lowest BCUT2D eigenvalue weighted by molar-refractivity contribution is -0.148. The van der Waals surface area contributed by atoms with E-state index in [4.69, 9.17) is 14.2 Å². The number of hydrogen-bond acceptors (Lipinski definition) is 7. The molecule has 152 valence electrons. The molecule has 9 nitrogen and oxygen atoms in total. The summed E-state index contributed by atoms with van der Waals surface area (Å²) >= 11 is 0. The highest BCUT2D eigenvalue weighted by Gasteiger charge is 2.34. The fourth-order valence-corrected chi connectivity index (χ4v) is 2.88. The normalized spacial score (nSPS) is 16.5. The van der Waals surface area contributed by atoms with Gasteiger partial charge in [-0.3, -0.25) is 14.4 Å². The van der Waals surface area contributed by atoms with Gasteiger partial charge in [0.2, 0.25) is 17.6 Å². The van der Waals surface area contributed by atoms with Gasteiger partial charge in [0.1, 0.15) is 6.04 Å². The van der Waals surface area contributed by atoms with Crippen LogP contribution in [0.25, 0.3) is 6.08 Å². The molecule has 0 radical (unpaired) electrons. The maximum Gasteiger partial charge on any atom is 0.308 e. The van der Waals surface area contributed by atoms with Crippen LogP contribution in [-0.4, -0.2) is 70.3 Å². The van der Waals surface area contributed by atoms with Crippen molar-refractivity contribution < 1.29 is 33.3 Å². The number of hydrogen-bond donors (Lipinski definition) is 1. The van der Waals surface area contributed by atoms with E-state index < -0.39 is 17.9 Å². The van der Waals surface area contributed by atoms with Gasteiger partial charge in [-0.05, 0) is 23.8 Å². The summed E-state index contributed by atoms with van der Waals surface area (Å²) in [5, 5.41) is 2.65. The second kappa shape index (κ2) is 9.63. The zero-order valence-corrected chi connectivity index (χ0v) is 16.3. The quantitative estimate of drug-likeness (QED) is 0.536. The van der Waals surface area contributed by atoms with Crippen molar-refractivity contribution >= 4 is 23.9 Å². The third-order valence-electron chi connectivity index (χ3n) is 4.31. The molecule has 0 spiro atoms. The first-order valence-corrected chi connectivity index (χ1v) is 8.58. The third kappa shape index (κ3) is 4.73. The summed E-state index contributed by atoms with van der Waals surface area (Å²) in [7, 11) is 5.74. The van der Waals surface area contributed by atoms with E-state index >= 15 is 0 Å². The highest BCUT2D eigenvalue weighted by atomic mass is 16.5. The zero-order valence-electron chi connectivity index (χ0n) is 16.3. The molecule has 1 aromatic carbocycles. The maximum atomic E-state index is 12.6. The first-order chi connectivity index (χ1) is 13.4. The Morgan fingerprint density at radius 3 is 2.32 bits per heavy atom. The van der Waals surface area contributed by atoms with Crippen molar-refractivity contribution in [3.8, 4) is 17.2 Å². The van der Waals surface area contributed by atoms with Crippen LogP contribution in [0.2, 0.25) is 0 Å². The van der Waals surface area contributed by atoms with Gasteiger partial charge in [0.15, 0.2) is 11.5 Å². The second-order valence-corrected chi connectivity index (χ2v) is 5.91. The van der Waals surface area contributed by atoms with Crippen LogP contribution in [0.5, 0.6) is 17.2 Å². The first-order valence-electron chi connectivity index (χ1n) is 8.58. The number of ether oxygens (including phenoxy) is 4. The molecule has 0 aromatic heterocycles. The van der Waals surface area contributed by atoms with Crippen LogP contribution >= 0.6 is 0 Å². The van der Waals surface area contributed by atoms with Crippen LogP contribution in [0.3, 0.4) is 0 Å². The minimum Gasteiger partial charge on any atom is -0.493 e. The van der Waals surface area contributed by atoms with E-state index in [0.29, 0.717) is 35.9 Å². The first kappa shape index (κ1) is 21.1. The Morgan fingerprint density at radius 1 is 1.14 bits per heavy atom. The number of carbonyl (C=O) groups excluding carboxylic acids is 3. The molecule has 9 heteroatoms. The Kier molecular flexibility index (Phi) is 7.25. The van der Waals surface area contributed by atoms with Crippen molar-refractivity contribution in [1.29, 1.82) is 0 Å². The van der Waals surface area contributed by atoms with E-state index in [1.807, 2.05) is 0 Å². The zero-order chi connectivity index (χ0) is 20.7. The van der Waals surface area contributed by atoms with Gasteiger partial charge in [-0.15, -0.1) is 0 Å². The Bertz CT molecular complexity index is 751. The molecule has 1 aromatic rings. The van der Waals surface area contributed by atoms with E-state index in [0.717, 1.165) is 0 Å². The second-order valence-electron chi connectivity index (χ2n) is 5.91. The fourth-order valence-electron chi connectivity index (χ4n) is 2.88. The predicted molar refractivity (Wildman–Crippen MR) is 100 cm³/mol. The van der Waals surface area contributed by atoms with Crippen LogP contribution in [0.15, 0.2) is 18.2 Å². The van der Waals surface area contributed by atoms with Crippen LogP contribution in [0.4, 0.5) is 0 Å². The Morgan fingerprint density at radius 2 is 1.79 bits per heavy atom. The maximum absolute atomic E-state index is 12.6. The molecule has 1 heterocycles. The standard InChI is InChI=1S/C19H24N2O7/c1-25-14-9-12(10-15(26-2)18(14)28-4)5-6-16(22)21-8-7-20-19(24)13(21)11-17(23)27-3/h5-6,9-10,13H,7-8,11H2,1-4H3,(H,20,24)/b6-5+. The van der Waals surface area contributed by atoms with Gasteiger partial charge in [0, 0.05) is 19.2 Å². The summed E-state index contributed by atoms with van der Waals surface area (Å²) in [6.07, 6.45) is 2.71. The minimum absolute atomic E-state index is 0.202. The number of carbonyl (C=O) groups is 3. The molecular weight excluding hydrogens is 368 g/mol. The highest BCUT2D eigenvalue weighted by molar-refractivity contribution is 5.97. The van der Waals surface area contributed by atoms with Crippen LogP contribution in [0, 0.1) is 0 Å². The number of nitrogens with one attached hydrogen (secondary N) is 1. The lowest BCUT2D eigenvalue weighted by Crippen LogP contribution is -2.57. The van der Waals surface area contributed by atoms with Crippen molar-refractivity contribution in [3.63, 3.8) is 0 Å². The SMILES string of the molecule is COC(=O)CC1C(=O)NCCN1C(=O)/C=C/c1cc(OC)c(OC)c(OC)c1. The van der Waals surface area contributed by atoms with Crippen molar-refractivity contribution in [2.24, 2.45) is 0 Å². The Balaban J connectivity index is 2.23. The topological polar surface area (TPSA) is 103 Å². The van der Waals surface area contributed by atoms with Gasteiger partial charge in [0.25, 0.3) is 0 Å². The van der Waals surface area contributed by atoms with Crippen LogP contribution in [-0.2, 0) is 19.1 Å². The molecular formula is C19H24N2O7. The lowest BCUT2D eigenvalue weighted by atomic mass is 10.1. The monoisotopic (exact) mass is 392 g/mol. The molecule has 28 heavy (non-hydrogen) atoms. The summed E-state index contributed by atoms with van der Waals surface area (Å²) < 4.78 is 20.5. The molecule has 1 N–H and O–H groups in total. The summed E-state index contributed by atoms with van der Waals surface area (Å²) in [5.74, 6) is 0.0150. The third-order valence-corrected chi connectivity index (χ3v) is 4.31. The average Bonchev–Trinajstić information content (AvgIpc) is 2.72. The molecule has 1 fully saturated rings. The number of nitrogens with zero attached hydrogens (tertiary/aromatic N) is 1. The molecule has 1 aliphatic rings. The molecule has 2 rings (SSSR count). The molecule has 0 aliphatic carbocycles. The van der Waals surface area contributed by atoms with E-state index in [-0.39, 0.29) is 12.3 Å². The minimum atomic E-state index is -0.904. The lowest BCUT2D eigenvalue weighted by Gasteiger charge is -2.33. The van der Waals surface area contributed by atoms with Crippen LogP contribution < -0.4 is 19.5 Å². The Labute approximate surface area is 163 Å². The number of piperazine rings is 1. The summed E-state index contributed by atoms with van der Waals surface area (Å²) in [6, 6.07) is 2.48. The number of rotatable bonds is 7. The molecule has 1 atom stereocenters. The van der Waals surface area contributed by atoms with Gasteiger partial charge in [0.05, 0.1) is 34.9 Å². The van der Waals surface area contributed by atoms with Crippen molar-refractivity contribution in [2.75, 3.05) is 41.5 Å². The van der Waals surface area contributed by atoms with E-state index in [2.05, 4.69) is 10.1 Å². The van der Waals surface area contributed by atoms with E-state index in [1.165, 1.54) is 39.4 Å². The van der Waals surface area contributed by atoms with Gasteiger partial charge in [-0.25, -0.2) is 0 Å². The van der Waals surface area contributed by atoms with E-state index in [9.17, 15) is 14.4 Å². The Hall–Kier alpha value is -3.23. The molecule has 0 saturated carbocycles. The fraction of sp³-hybridized carbons (Fsp3) is 0.421. The van der Waals surface area contributed by atoms with Gasteiger partial charge in [-0.2, -0.15) is 0 Å². The summed E-state index contributed by atoms with van der Waals surface area (Å²) in [5.41, 5.74) is 0.647. The average molecular weight is 392 g/mol. The molecule has 0 bridgehead atoms. The van der Waals surface area contributed by atoms with Crippen molar-refractivity contribution in [1.82, 2.24) is 10.2 Å². The largest absolute Gasteiger partial charge is 0.493 e. The summed E-state index contributed by atoms with van der Waals surface area (Å²) in [6.45, 7) is 0.617. The van der Waals surface area contributed by atoms with Gasteiger partial charge >= 0.3 is 5.97 Å². The van der Waals surface area contributed by atoms with Gasteiger partial charge in [-0.1, -0.05) is 0 Å². The number of amides is 2. The number of methoxy groups -OCH3 is 4. The molecule has 2 amide bonds. The van der Waals surface area contributed by atoms with E-state index in [1.54, 1.807) is 18.2 Å².